The van der Waals surface area contributed by atoms with Crippen molar-refractivity contribution in [3.63, 3.8) is 0 Å². The number of aryl methyl sites for hydroxylation is 1. The molecule has 0 atom stereocenters. The number of hydrogen-bond acceptors (Lipinski definition) is 1. The van der Waals surface area contributed by atoms with Gasteiger partial charge < -0.3 is 5.73 Å². The summed E-state index contributed by atoms with van der Waals surface area (Å²) in [7, 11) is 0. The molecular formula is C27H23N. The largest absolute Gasteiger partial charge is 0.399 e. The summed E-state index contributed by atoms with van der Waals surface area (Å²) in [5, 5.41) is 0. The molecule has 4 aromatic rings. The zero-order valence-electron chi connectivity index (χ0n) is 16.0. The van der Waals surface area contributed by atoms with Gasteiger partial charge in [-0.1, -0.05) is 103 Å². The van der Waals surface area contributed by atoms with Gasteiger partial charge in [0.05, 0.1) is 0 Å². The third kappa shape index (κ3) is 3.74. The summed E-state index contributed by atoms with van der Waals surface area (Å²) >= 11 is 0. The van der Waals surface area contributed by atoms with E-state index in [9.17, 15) is 0 Å². The summed E-state index contributed by atoms with van der Waals surface area (Å²) in [6.45, 7) is 2.12. The lowest BCUT2D eigenvalue weighted by molar-refractivity contribution is 1.44. The smallest absolute Gasteiger partial charge is 0.0314 e. The zero-order valence-corrected chi connectivity index (χ0v) is 16.0. The van der Waals surface area contributed by atoms with Gasteiger partial charge in [0.2, 0.25) is 0 Å². The normalized spacial score (nSPS) is 11.8. The van der Waals surface area contributed by atoms with Crippen molar-refractivity contribution in [1.82, 2.24) is 0 Å². The number of nitrogens with two attached hydrogens (primary N) is 1. The Labute approximate surface area is 166 Å². The average molecular weight is 361 g/mol. The van der Waals surface area contributed by atoms with Gasteiger partial charge in [0.25, 0.3) is 0 Å². The van der Waals surface area contributed by atoms with Gasteiger partial charge in [0.15, 0.2) is 0 Å². The number of rotatable bonds is 4. The van der Waals surface area contributed by atoms with Gasteiger partial charge in [-0.05, 0) is 52.5 Å². The van der Waals surface area contributed by atoms with E-state index < -0.39 is 0 Å². The molecule has 4 aromatic carbocycles. The van der Waals surface area contributed by atoms with Gasteiger partial charge >= 0.3 is 0 Å². The predicted octanol–water partition coefficient (Wildman–Crippen LogP) is 6.58. The molecule has 0 unspecified atom stereocenters. The Hall–Kier alpha value is -3.58. The SMILES string of the molecule is Cc1ccc(/C(=C(/c2ccccc2)c2ccc(N)cc2)c2ccccc2)cc1. The third-order valence-electron chi connectivity index (χ3n) is 4.91. The van der Waals surface area contributed by atoms with Crippen LogP contribution in [-0.4, -0.2) is 0 Å². The van der Waals surface area contributed by atoms with E-state index in [-0.39, 0.29) is 0 Å². The monoisotopic (exact) mass is 361 g/mol. The minimum atomic E-state index is 0.771. The molecule has 0 bridgehead atoms. The molecule has 28 heavy (non-hydrogen) atoms. The van der Waals surface area contributed by atoms with E-state index >= 15 is 0 Å². The topological polar surface area (TPSA) is 26.0 Å². The fourth-order valence-corrected chi connectivity index (χ4v) is 3.49. The first-order valence-electron chi connectivity index (χ1n) is 9.50. The first-order chi connectivity index (χ1) is 13.7. The maximum Gasteiger partial charge on any atom is 0.0314 e. The molecule has 0 amide bonds. The molecule has 2 N–H and O–H groups in total. The predicted molar refractivity (Wildman–Crippen MR) is 120 cm³/mol. The van der Waals surface area contributed by atoms with E-state index in [4.69, 9.17) is 5.73 Å². The lowest BCUT2D eigenvalue weighted by Crippen LogP contribution is -1.98. The molecule has 136 valence electrons. The van der Waals surface area contributed by atoms with Crippen LogP contribution in [0.2, 0.25) is 0 Å². The molecule has 0 fully saturated rings. The van der Waals surface area contributed by atoms with Gasteiger partial charge in [-0.2, -0.15) is 0 Å². The molecule has 0 heterocycles. The molecular weight excluding hydrogens is 338 g/mol. The summed E-state index contributed by atoms with van der Waals surface area (Å²) in [6.07, 6.45) is 0. The lowest BCUT2D eigenvalue weighted by Gasteiger charge is -2.18. The summed E-state index contributed by atoms with van der Waals surface area (Å²) in [6, 6.07) is 38.1. The summed E-state index contributed by atoms with van der Waals surface area (Å²) in [4.78, 5) is 0. The summed E-state index contributed by atoms with van der Waals surface area (Å²) in [5.74, 6) is 0. The van der Waals surface area contributed by atoms with Crippen LogP contribution in [0.4, 0.5) is 5.69 Å². The highest BCUT2D eigenvalue weighted by molar-refractivity contribution is 6.04. The van der Waals surface area contributed by atoms with E-state index in [2.05, 4.69) is 104 Å². The maximum absolute atomic E-state index is 5.96. The fraction of sp³-hybridized carbons (Fsp3) is 0.0370. The van der Waals surface area contributed by atoms with Gasteiger partial charge in [-0.25, -0.2) is 0 Å². The molecule has 0 radical (unpaired) electrons. The Kier molecular flexibility index (Phi) is 5.07. The van der Waals surface area contributed by atoms with Crippen LogP contribution in [0.15, 0.2) is 109 Å². The number of nitrogen functional groups attached to an aromatic ring is 1. The number of benzene rings is 4. The standard InChI is InChI=1S/C27H23N/c1-20-12-14-23(15-13-20)26(21-8-4-2-5-9-21)27(22-10-6-3-7-11-22)24-16-18-25(28)19-17-24/h2-19H,28H2,1H3/b27-26-. The summed E-state index contributed by atoms with van der Waals surface area (Å²) in [5.41, 5.74) is 15.2. The van der Waals surface area contributed by atoms with E-state index in [0.29, 0.717) is 0 Å². The van der Waals surface area contributed by atoms with Crippen molar-refractivity contribution in [3.8, 4) is 0 Å². The van der Waals surface area contributed by atoms with Crippen molar-refractivity contribution in [2.45, 2.75) is 6.92 Å². The quantitative estimate of drug-likeness (QED) is 0.322. The fourth-order valence-electron chi connectivity index (χ4n) is 3.49. The van der Waals surface area contributed by atoms with Crippen LogP contribution in [-0.2, 0) is 0 Å². The second-order valence-corrected chi connectivity index (χ2v) is 6.97. The van der Waals surface area contributed by atoms with Crippen LogP contribution in [0, 0.1) is 6.92 Å². The van der Waals surface area contributed by atoms with Crippen LogP contribution in [0.3, 0.4) is 0 Å². The van der Waals surface area contributed by atoms with Crippen LogP contribution >= 0.6 is 0 Å². The average Bonchev–Trinajstić information content (AvgIpc) is 2.75. The van der Waals surface area contributed by atoms with Gasteiger partial charge in [-0.15, -0.1) is 0 Å². The van der Waals surface area contributed by atoms with Crippen molar-refractivity contribution >= 4 is 16.8 Å². The molecule has 1 heteroatoms. The van der Waals surface area contributed by atoms with Crippen LogP contribution < -0.4 is 5.73 Å². The van der Waals surface area contributed by atoms with E-state index in [1.807, 2.05) is 12.1 Å². The van der Waals surface area contributed by atoms with E-state index in [0.717, 1.165) is 11.3 Å². The number of hydrogen-bond donors (Lipinski definition) is 1. The third-order valence-corrected chi connectivity index (χ3v) is 4.91. The Morgan fingerprint density at radius 2 is 0.821 bits per heavy atom. The van der Waals surface area contributed by atoms with Crippen molar-refractivity contribution in [2.24, 2.45) is 0 Å². The van der Waals surface area contributed by atoms with Gasteiger partial charge in [0, 0.05) is 5.69 Å². The Balaban J connectivity index is 2.08. The van der Waals surface area contributed by atoms with Crippen LogP contribution in [0.1, 0.15) is 27.8 Å². The summed E-state index contributed by atoms with van der Waals surface area (Å²) < 4.78 is 0. The minimum absolute atomic E-state index is 0.771. The molecule has 0 aliphatic carbocycles. The van der Waals surface area contributed by atoms with Crippen molar-refractivity contribution < 1.29 is 0 Å². The van der Waals surface area contributed by atoms with Crippen LogP contribution in [0.5, 0.6) is 0 Å². The molecule has 0 aromatic heterocycles. The molecule has 0 aliphatic rings. The molecule has 1 nitrogen and oxygen atoms in total. The molecule has 4 rings (SSSR count). The minimum Gasteiger partial charge on any atom is -0.399 e. The first-order valence-corrected chi connectivity index (χ1v) is 9.50. The van der Waals surface area contributed by atoms with E-state index in [1.165, 1.54) is 33.4 Å². The first kappa shape index (κ1) is 17.8. The Bertz CT molecular complexity index is 984. The molecule has 0 spiro atoms. The highest BCUT2D eigenvalue weighted by Gasteiger charge is 2.15. The number of anilines is 1. The Morgan fingerprint density at radius 3 is 1.25 bits per heavy atom. The Morgan fingerprint density at radius 1 is 0.464 bits per heavy atom. The highest BCUT2D eigenvalue weighted by Crippen LogP contribution is 2.37. The highest BCUT2D eigenvalue weighted by atomic mass is 14.5. The molecule has 0 saturated carbocycles. The van der Waals surface area contributed by atoms with Crippen LogP contribution in [0.25, 0.3) is 11.1 Å². The van der Waals surface area contributed by atoms with E-state index in [1.54, 1.807) is 0 Å². The maximum atomic E-state index is 5.96. The zero-order chi connectivity index (χ0) is 19.3. The van der Waals surface area contributed by atoms with Gasteiger partial charge in [-0.3, -0.25) is 0 Å². The molecule has 0 aliphatic heterocycles. The van der Waals surface area contributed by atoms with Crippen molar-refractivity contribution in [2.75, 3.05) is 5.73 Å². The van der Waals surface area contributed by atoms with Crippen molar-refractivity contribution in [1.29, 1.82) is 0 Å². The molecule has 0 saturated heterocycles. The van der Waals surface area contributed by atoms with Gasteiger partial charge in [0.1, 0.15) is 0 Å². The second kappa shape index (κ2) is 7.98. The lowest BCUT2D eigenvalue weighted by atomic mass is 9.85. The second-order valence-electron chi connectivity index (χ2n) is 6.97. The van der Waals surface area contributed by atoms with Crippen molar-refractivity contribution in [3.05, 3.63) is 137 Å².